The van der Waals surface area contributed by atoms with Crippen molar-refractivity contribution in [2.75, 3.05) is 13.2 Å². The van der Waals surface area contributed by atoms with E-state index in [1.165, 1.54) is 64.2 Å². The van der Waals surface area contributed by atoms with E-state index in [9.17, 15) is 4.79 Å². The molecule has 1 atom stereocenters. The Kier molecular flexibility index (Phi) is 16.3. The maximum Gasteiger partial charge on any atom is 0.332 e. The molecule has 0 radical (unpaired) electrons. The number of unbranched alkanes of at least 4 members (excludes halogenated alkanes) is 11. The van der Waals surface area contributed by atoms with Gasteiger partial charge in [-0.1, -0.05) is 84.0 Å². The Morgan fingerprint density at radius 1 is 0.909 bits per heavy atom. The first-order chi connectivity index (χ1) is 10.7. The van der Waals surface area contributed by atoms with Crippen molar-refractivity contribution in [2.45, 2.75) is 96.5 Å². The zero-order valence-corrected chi connectivity index (χ0v) is 14.5. The standard InChI is InChI=1S/C18H37NO3/c1-2-3-4-5-6-7-8-9-10-11-12-13-14-17(18(20)21)22-16-15-19/h17H,2-16,19H2,1H3,(H,20,21). The first kappa shape index (κ1) is 21.4. The lowest BCUT2D eigenvalue weighted by molar-refractivity contribution is -0.150. The van der Waals surface area contributed by atoms with Crippen LogP contribution in [0.2, 0.25) is 0 Å². The number of aliphatic carboxylic acids is 1. The molecule has 0 aliphatic carbocycles. The van der Waals surface area contributed by atoms with Crippen LogP contribution in [0, 0.1) is 0 Å². The van der Waals surface area contributed by atoms with Crippen molar-refractivity contribution in [3.05, 3.63) is 0 Å². The summed E-state index contributed by atoms with van der Waals surface area (Å²) in [5.74, 6) is -0.864. The average Bonchev–Trinajstić information content (AvgIpc) is 2.51. The molecule has 0 aliphatic rings. The molecule has 0 spiro atoms. The van der Waals surface area contributed by atoms with Gasteiger partial charge >= 0.3 is 5.97 Å². The maximum atomic E-state index is 11.0. The molecule has 0 aromatic rings. The molecule has 0 saturated heterocycles. The number of carboxylic acid groups (broad SMARTS) is 1. The summed E-state index contributed by atoms with van der Waals surface area (Å²) in [6.45, 7) is 2.96. The number of carboxylic acids is 1. The molecule has 3 N–H and O–H groups in total. The average molecular weight is 315 g/mol. The molecule has 0 aliphatic heterocycles. The minimum atomic E-state index is -0.864. The summed E-state index contributed by atoms with van der Waals surface area (Å²) >= 11 is 0. The summed E-state index contributed by atoms with van der Waals surface area (Å²) in [5, 5.41) is 9.01. The molecule has 0 heterocycles. The van der Waals surface area contributed by atoms with Crippen LogP contribution in [0.25, 0.3) is 0 Å². The van der Waals surface area contributed by atoms with Crippen LogP contribution in [0.1, 0.15) is 90.4 Å². The minimum Gasteiger partial charge on any atom is -0.479 e. The third-order valence-electron chi connectivity index (χ3n) is 4.03. The number of ether oxygens (including phenoxy) is 1. The Bertz CT molecular complexity index is 246. The lowest BCUT2D eigenvalue weighted by atomic mass is 10.0. The van der Waals surface area contributed by atoms with Gasteiger partial charge < -0.3 is 15.6 Å². The Labute approximate surface area is 136 Å². The Morgan fingerprint density at radius 2 is 1.36 bits per heavy atom. The third-order valence-corrected chi connectivity index (χ3v) is 4.03. The SMILES string of the molecule is CCCCCCCCCCCCCCC(OCCN)C(=O)O. The monoisotopic (exact) mass is 315 g/mol. The van der Waals surface area contributed by atoms with Crippen LogP contribution in [-0.4, -0.2) is 30.3 Å². The lowest BCUT2D eigenvalue weighted by Crippen LogP contribution is -2.26. The first-order valence-electron chi connectivity index (χ1n) is 9.26. The minimum absolute atomic E-state index is 0.329. The maximum absolute atomic E-state index is 11.0. The highest BCUT2D eigenvalue weighted by atomic mass is 16.5. The van der Waals surface area contributed by atoms with Crippen molar-refractivity contribution in [3.63, 3.8) is 0 Å². The fraction of sp³-hybridized carbons (Fsp3) is 0.944. The van der Waals surface area contributed by atoms with Crippen LogP contribution in [0.5, 0.6) is 0 Å². The van der Waals surface area contributed by atoms with Gasteiger partial charge in [-0.3, -0.25) is 0 Å². The van der Waals surface area contributed by atoms with E-state index in [0.29, 0.717) is 19.6 Å². The fourth-order valence-electron chi connectivity index (χ4n) is 2.66. The number of hydrogen-bond acceptors (Lipinski definition) is 3. The zero-order chi connectivity index (χ0) is 16.5. The van der Waals surface area contributed by atoms with Gasteiger partial charge in [0.1, 0.15) is 0 Å². The second-order valence-corrected chi connectivity index (χ2v) is 6.16. The van der Waals surface area contributed by atoms with Gasteiger partial charge in [-0.15, -0.1) is 0 Å². The van der Waals surface area contributed by atoms with E-state index in [1.54, 1.807) is 0 Å². The highest BCUT2D eigenvalue weighted by Crippen LogP contribution is 2.13. The van der Waals surface area contributed by atoms with Crippen molar-refractivity contribution in [3.8, 4) is 0 Å². The quantitative estimate of drug-likeness (QED) is 0.387. The van der Waals surface area contributed by atoms with E-state index < -0.39 is 12.1 Å². The summed E-state index contributed by atoms with van der Waals surface area (Å²) in [4.78, 5) is 11.0. The molecule has 1 unspecified atom stereocenters. The Balaban J connectivity index is 3.29. The molecular formula is C18H37NO3. The lowest BCUT2D eigenvalue weighted by Gasteiger charge is -2.12. The summed E-state index contributed by atoms with van der Waals surface area (Å²) in [6, 6.07) is 0. The molecule has 0 saturated carbocycles. The van der Waals surface area contributed by atoms with E-state index >= 15 is 0 Å². The van der Waals surface area contributed by atoms with Gasteiger partial charge in [-0.05, 0) is 6.42 Å². The van der Waals surface area contributed by atoms with Crippen LogP contribution in [0.3, 0.4) is 0 Å². The molecule has 0 aromatic heterocycles. The van der Waals surface area contributed by atoms with Crippen molar-refractivity contribution >= 4 is 5.97 Å². The molecule has 0 bridgehead atoms. The molecule has 22 heavy (non-hydrogen) atoms. The Morgan fingerprint density at radius 3 is 1.77 bits per heavy atom. The van der Waals surface area contributed by atoms with Crippen LogP contribution in [0.4, 0.5) is 0 Å². The third kappa shape index (κ3) is 14.3. The summed E-state index contributed by atoms with van der Waals surface area (Å²) in [6.07, 6.45) is 15.4. The van der Waals surface area contributed by atoms with E-state index in [0.717, 1.165) is 12.8 Å². The summed E-state index contributed by atoms with van der Waals surface area (Å²) in [5.41, 5.74) is 5.33. The number of rotatable bonds is 17. The Hall–Kier alpha value is -0.610. The van der Waals surface area contributed by atoms with Gasteiger partial charge in [0.2, 0.25) is 0 Å². The zero-order valence-electron chi connectivity index (χ0n) is 14.5. The fourth-order valence-corrected chi connectivity index (χ4v) is 2.66. The number of hydrogen-bond donors (Lipinski definition) is 2. The van der Waals surface area contributed by atoms with Gasteiger partial charge in [0.25, 0.3) is 0 Å². The highest BCUT2D eigenvalue weighted by molar-refractivity contribution is 5.72. The molecule has 0 fully saturated rings. The number of carbonyl (C=O) groups is 1. The number of nitrogens with two attached hydrogens (primary N) is 1. The highest BCUT2D eigenvalue weighted by Gasteiger charge is 2.16. The second kappa shape index (κ2) is 16.8. The van der Waals surface area contributed by atoms with Crippen molar-refractivity contribution in [1.82, 2.24) is 0 Å². The molecule has 4 heteroatoms. The predicted octanol–water partition coefficient (Wildman–Crippen LogP) is 4.51. The van der Waals surface area contributed by atoms with Crippen LogP contribution in [-0.2, 0) is 9.53 Å². The van der Waals surface area contributed by atoms with Gasteiger partial charge in [0.05, 0.1) is 6.61 Å². The van der Waals surface area contributed by atoms with Crippen LogP contribution < -0.4 is 5.73 Å². The molecule has 132 valence electrons. The topological polar surface area (TPSA) is 72.5 Å². The van der Waals surface area contributed by atoms with Gasteiger partial charge in [-0.25, -0.2) is 4.79 Å². The predicted molar refractivity (Wildman–Crippen MR) is 92.1 cm³/mol. The van der Waals surface area contributed by atoms with Gasteiger partial charge in [0, 0.05) is 6.54 Å². The van der Waals surface area contributed by atoms with Gasteiger partial charge in [-0.2, -0.15) is 0 Å². The van der Waals surface area contributed by atoms with Gasteiger partial charge in [0.15, 0.2) is 6.10 Å². The van der Waals surface area contributed by atoms with E-state index in [-0.39, 0.29) is 0 Å². The summed E-state index contributed by atoms with van der Waals surface area (Å²) < 4.78 is 5.23. The van der Waals surface area contributed by atoms with Crippen molar-refractivity contribution in [2.24, 2.45) is 5.73 Å². The molecule has 0 rings (SSSR count). The smallest absolute Gasteiger partial charge is 0.332 e. The molecule has 4 nitrogen and oxygen atoms in total. The second-order valence-electron chi connectivity index (χ2n) is 6.16. The van der Waals surface area contributed by atoms with Crippen LogP contribution >= 0.6 is 0 Å². The van der Waals surface area contributed by atoms with E-state index in [2.05, 4.69) is 6.92 Å². The molecular weight excluding hydrogens is 278 g/mol. The molecule has 0 amide bonds. The van der Waals surface area contributed by atoms with Crippen molar-refractivity contribution < 1.29 is 14.6 Å². The summed E-state index contributed by atoms with van der Waals surface area (Å²) in [7, 11) is 0. The van der Waals surface area contributed by atoms with Crippen LogP contribution in [0.15, 0.2) is 0 Å². The largest absolute Gasteiger partial charge is 0.479 e. The van der Waals surface area contributed by atoms with E-state index in [4.69, 9.17) is 15.6 Å². The first-order valence-corrected chi connectivity index (χ1v) is 9.26. The normalized spacial score (nSPS) is 12.5. The van der Waals surface area contributed by atoms with Crippen molar-refractivity contribution in [1.29, 1.82) is 0 Å². The molecule has 0 aromatic carbocycles. The van der Waals surface area contributed by atoms with E-state index in [1.807, 2.05) is 0 Å².